The van der Waals surface area contributed by atoms with Gasteiger partial charge in [-0.05, 0) is 37.5 Å². The first-order valence-corrected chi connectivity index (χ1v) is 7.70. The van der Waals surface area contributed by atoms with Crippen LogP contribution < -0.4 is 0 Å². The van der Waals surface area contributed by atoms with Crippen LogP contribution in [0.15, 0.2) is 22.7 Å². The van der Waals surface area contributed by atoms with E-state index in [0.717, 1.165) is 0 Å². The van der Waals surface area contributed by atoms with Crippen molar-refractivity contribution in [2.24, 2.45) is 5.41 Å². The van der Waals surface area contributed by atoms with Crippen LogP contribution in [0.25, 0.3) is 0 Å². The Bertz CT molecular complexity index is 565. The van der Waals surface area contributed by atoms with E-state index in [0.29, 0.717) is 36.8 Å². The van der Waals surface area contributed by atoms with Crippen molar-refractivity contribution in [1.82, 2.24) is 4.90 Å². The predicted octanol–water partition coefficient (Wildman–Crippen LogP) is 2.87. The molecule has 0 radical (unpaired) electrons. The van der Waals surface area contributed by atoms with E-state index < -0.39 is 11.4 Å². The van der Waals surface area contributed by atoms with Crippen LogP contribution in [0.4, 0.5) is 0 Å². The number of hydrogen-bond donors (Lipinski definition) is 2. The summed E-state index contributed by atoms with van der Waals surface area (Å²) < 4.78 is 0.700. The number of phenols is 1. The van der Waals surface area contributed by atoms with Crippen molar-refractivity contribution < 1.29 is 19.8 Å². The second-order valence-corrected chi connectivity index (χ2v) is 6.31. The van der Waals surface area contributed by atoms with Crippen LogP contribution in [0.5, 0.6) is 5.75 Å². The van der Waals surface area contributed by atoms with Crippen LogP contribution in [0.3, 0.4) is 0 Å². The third-order valence-electron chi connectivity index (χ3n) is 4.33. The van der Waals surface area contributed by atoms with Crippen LogP contribution in [-0.2, 0) is 4.79 Å². The molecule has 1 aromatic rings. The number of carbonyl (C=O) groups excluding carboxylic acids is 1. The zero-order valence-electron chi connectivity index (χ0n) is 11.8. The van der Waals surface area contributed by atoms with Crippen molar-refractivity contribution in [2.75, 3.05) is 13.1 Å². The maximum absolute atomic E-state index is 12.4. The largest absolute Gasteiger partial charge is 0.507 e. The molecule has 0 spiro atoms. The fourth-order valence-electron chi connectivity index (χ4n) is 2.71. The van der Waals surface area contributed by atoms with Crippen LogP contribution in [0.2, 0.25) is 0 Å². The lowest BCUT2D eigenvalue weighted by Gasteiger charge is -2.38. The molecule has 6 heteroatoms. The monoisotopic (exact) mass is 355 g/mol. The normalized spacial score (nSPS) is 17.5. The zero-order chi connectivity index (χ0) is 15.6. The van der Waals surface area contributed by atoms with E-state index in [2.05, 4.69) is 15.9 Å². The van der Waals surface area contributed by atoms with Gasteiger partial charge in [0.25, 0.3) is 5.91 Å². The number of halogens is 1. The number of benzene rings is 1. The van der Waals surface area contributed by atoms with Crippen molar-refractivity contribution in [2.45, 2.75) is 26.2 Å². The minimum absolute atomic E-state index is 0.0695. The topological polar surface area (TPSA) is 77.8 Å². The Hall–Kier alpha value is -1.56. The molecule has 114 valence electrons. The number of carbonyl (C=O) groups is 2. The first kappa shape index (κ1) is 15.8. The van der Waals surface area contributed by atoms with E-state index in [4.69, 9.17) is 0 Å². The highest BCUT2D eigenvalue weighted by Crippen LogP contribution is 2.36. The molecule has 2 rings (SSSR count). The predicted molar refractivity (Wildman–Crippen MR) is 81.3 cm³/mol. The molecule has 1 amide bonds. The van der Waals surface area contributed by atoms with Gasteiger partial charge in [0.1, 0.15) is 5.75 Å². The first-order chi connectivity index (χ1) is 9.89. The van der Waals surface area contributed by atoms with Gasteiger partial charge >= 0.3 is 5.97 Å². The highest BCUT2D eigenvalue weighted by molar-refractivity contribution is 9.10. The molecule has 1 aromatic carbocycles. The summed E-state index contributed by atoms with van der Waals surface area (Å²) in [5.41, 5.74) is -0.476. The van der Waals surface area contributed by atoms with Gasteiger partial charge in [0.15, 0.2) is 0 Å². The van der Waals surface area contributed by atoms with Crippen LogP contribution in [0.1, 0.15) is 36.5 Å². The average molecular weight is 356 g/mol. The number of rotatable bonds is 3. The number of hydrogen-bond acceptors (Lipinski definition) is 3. The SMILES string of the molecule is CCC1(C(=O)O)CCN(C(=O)c2ccc(Br)cc2O)CC1. The van der Waals surface area contributed by atoms with Crippen LogP contribution >= 0.6 is 15.9 Å². The third-order valence-corrected chi connectivity index (χ3v) is 4.82. The van der Waals surface area contributed by atoms with Gasteiger partial charge in [0, 0.05) is 17.6 Å². The Morgan fingerprint density at radius 1 is 1.33 bits per heavy atom. The molecule has 0 aliphatic carbocycles. The van der Waals surface area contributed by atoms with Gasteiger partial charge in [-0.3, -0.25) is 9.59 Å². The summed E-state index contributed by atoms with van der Waals surface area (Å²) in [6.07, 6.45) is 1.46. The van der Waals surface area contributed by atoms with Gasteiger partial charge in [-0.15, -0.1) is 0 Å². The zero-order valence-corrected chi connectivity index (χ0v) is 13.4. The molecule has 1 aliphatic rings. The number of aromatic hydroxyl groups is 1. The molecule has 0 bridgehead atoms. The van der Waals surface area contributed by atoms with E-state index in [1.165, 1.54) is 6.07 Å². The first-order valence-electron chi connectivity index (χ1n) is 6.91. The minimum Gasteiger partial charge on any atom is -0.507 e. The van der Waals surface area contributed by atoms with Gasteiger partial charge in [-0.1, -0.05) is 22.9 Å². The molecule has 0 atom stereocenters. The van der Waals surface area contributed by atoms with E-state index in [1.807, 2.05) is 6.92 Å². The molecule has 0 aromatic heterocycles. The number of likely N-dealkylation sites (tertiary alicyclic amines) is 1. The van der Waals surface area contributed by atoms with Crippen LogP contribution in [0, 0.1) is 5.41 Å². The maximum atomic E-state index is 12.4. The number of aliphatic carboxylic acids is 1. The quantitative estimate of drug-likeness (QED) is 0.873. The maximum Gasteiger partial charge on any atom is 0.309 e. The number of piperidine rings is 1. The molecular weight excluding hydrogens is 338 g/mol. The molecule has 2 N–H and O–H groups in total. The lowest BCUT2D eigenvalue weighted by Crippen LogP contribution is -2.46. The summed E-state index contributed by atoms with van der Waals surface area (Å²) in [4.78, 5) is 25.4. The highest BCUT2D eigenvalue weighted by atomic mass is 79.9. The Labute approximate surface area is 131 Å². The van der Waals surface area contributed by atoms with Crippen molar-refractivity contribution in [3.05, 3.63) is 28.2 Å². The Morgan fingerprint density at radius 3 is 2.43 bits per heavy atom. The molecule has 1 aliphatic heterocycles. The lowest BCUT2D eigenvalue weighted by atomic mass is 9.76. The molecule has 5 nitrogen and oxygen atoms in total. The van der Waals surface area contributed by atoms with Gasteiger partial charge < -0.3 is 15.1 Å². The Balaban J connectivity index is 2.12. The van der Waals surface area contributed by atoms with Gasteiger partial charge in [0.2, 0.25) is 0 Å². The number of carboxylic acids is 1. The summed E-state index contributed by atoms with van der Waals surface area (Å²) in [5.74, 6) is -1.11. The minimum atomic E-state index is -0.788. The van der Waals surface area contributed by atoms with Gasteiger partial charge in [-0.2, -0.15) is 0 Å². The summed E-state index contributed by atoms with van der Waals surface area (Å²) in [5, 5.41) is 19.2. The summed E-state index contributed by atoms with van der Waals surface area (Å²) in [6, 6.07) is 4.75. The standard InChI is InChI=1S/C15H18BrNO4/c1-2-15(14(20)21)5-7-17(8-6-15)13(19)11-4-3-10(16)9-12(11)18/h3-4,9,18H,2,5-8H2,1H3,(H,20,21). The Morgan fingerprint density at radius 2 is 1.95 bits per heavy atom. The molecule has 1 fully saturated rings. The number of phenolic OH excluding ortho intramolecular Hbond substituents is 1. The molecule has 1 saturated heterocycles. The third kappa shape index (κ3) is 3.05. The molecule has 0 unspecified atom stereocenters. The summed E-state index contributed by atoms with van der Waals surface area (Å²) >= 11 is 3.23. The van der Waals surface area contributed by atoms with E-state index in [-0.39, 0.29) is 17.2 Å². The van der Waals surface area contributed by atoms with E-state index in [9.17, 15) is 19.8 Å². The number of amides is 1. The van der Waals surface area contributed by atoms with Gasteiger partial charge in [-0.25, -0.2) is 0 Å². The van der Waals surface area contributed by atoms with Gasteiger partial charge in [0.05, 0.1) is 11.0 Å². The molecule has 21 heavy (non-hydrogen) atoms. The molecular formula is C15H18BrNO4. The van der Waals surface area contributed by atoms with Crippen molar-refractivity contribution >= 4 is 27.8 Å². The molecule has 1 heterocycles. The van der Waals surface area contributed by atoms with E-state index >= 15 is 0 Å². The Kier molecular flexibility index (Phi) is 4.56. The average Bonchev–Trinajstić information content (AvgIpc) is 2.46. The fourth-order valence-corrected chi connectivity index (χ4v) is 3.06. The summed E-state index contributed by atoms with van der Waals surface area (Å²) in [7, 11) is 0. The van der Waals surface area contributed by atoms with Crippen LogP contribution in [-0.4, -0.2) is 40.1 Å². The number of carboxylic acid groups (broad SMARTS) is 1. The smallest absolute Gasteiger partial charge is 0.309 e. The highest BCUT2D eigenvalue weighted by Gasteiger charge is 2.41. The fraction of sp³-hybridized carbons (Fsp3) is 0.467. The molecule has 0 saturated carbocycles. The van der Waals surface area contributed by atoms with Crippen molar-refractivity contribution in [3.63, 3.8) is 0 Å². The van der Waals surface area contributed by atoms with Crippen molar-refractivity contribution in [1.29, 1.82) is 0 Å². The second-order valence-electron chi connectivity index (χ2n) is 5.39. The number of nitrogens with zero attached hydrogens (tertiary/aromatic N) is 1. The summed E-state index contributed by atoms with van der Waals surface area (Å²) in [6.45, 7) is 2.66. The van der Waals surface area contributed by atoms with Crippen molar-refractivity contribution in [3.8, 4) is 5.75 Å². The van der Waals surface area contributed by atoms with E-state index in [1.54, 1.807) is 17.0 Å². The lowest BCUT2D eigenvalue weighted by molar-refractivity contribution is -0.152. The second kappa shape index (κ2) is 6.05.